The van der Waals surface area contributed by atoms with Gasteiger partial charge in [-0.2, -0.15) is 0 Å². The molecule has 102 valence electrons. The van der Waals surface area contributed by atoms with Gasteiger partial charge in [0, 0.05) is 13.0 Å². The Kier molecular flexibility index (Phi) is 4.58. The number of sulfonamides is 1. The van der Waals surface area contributed by atoms with Crippen molar-refractivity contribution in [1.29, 1.82) is 0 Å². The van der Waals surface area contributed by atoms with E-state index in [4.69, 9.17) is 0 Å². The van der Waals surface area contributed by atoms with E-state index in [2.05, 4.69) is 20.2 Å². The van der Waals surface area contributed by atoms with Crippen LogP contribution in [0.5, 0.6) is 0 Å². The molecule has 0 unspecified atom stereocenters. The van der Waals surface area contributed by atoms with Crippen LogP contribution >= 0.6 is 22.7 Å². The molecule has 0 spiro atoms. The van der Waals surface area contributed by atoms with E-state index in [1.54, 1.807) is 11.4 Å². The smallest absolute Gasteiger partial charge is 0.250 e. The monoisotopic (exact) mass is 318 g/mol. The van der Waals surface area contributed by atoms with Crippen molar-refractivity contribution in [2.75, 3.05) is 11.9 Å². The van der Waals surface area contributed by atoms with E-state index in [9.17, 15) is 13.2 Å². The van der Waals surface area contributed by atoms with Gasteiger partial charge >= 0.3 is 0 Å². The van der Waals surface area contributed by atoms with Crippen LogP contribution in [0.15, 0.2) is 27.2 Å². The molecule has 0 atom stereocenters. The number of nitrogens with one attached hydrogen (secondary N) is 2. The average molecular weight is 318 g/mol. The van der Waals surface area contributed by atoms with E-state index in [1.165, 1.54) is 22.9 Å². The topological polar surface area (TPSA) is 101 Å². The SMILES string of the molecule is O=C(CCNS(=O)(=O)c1cccs1)Nc1nncs1. The molecule has 2 heterocycles. The molecule has 0 fully saturated rings. The summed E-state index contributed by atoms with van der Waals surface area (Å²) in [5.41, 5.74) is 1.50. The van der Waals surface area contributed by atoms with Gasteiger partial charge in [-0.15, -0.1) is 21.5 Å². The number of nitrogens with zero attached hydrogens (tertiary/aromatic N) is 2. The zero-order valence-corrected chi connectivity index (χ0v) is 12.0. The van der Waals surface area contributed by atoms with Crippen molar-refractivity contribution in [2.24, 2.45) is 0 Å². The minimum atomic E-state index is -3.51. The second kappa shape index (κ2) is 6.19. The quantitative estimate of drug-likeness (QED) is 0.824. The molecular formula is C9H10N4O3S3. The van der Waals surface area contributed by atoms with Crippen LogP contribution in [0, 0.1) is 0 Å². The fraction of sp³-hybridized carbons (Fsp3) is 0.222. The fourth-order valence-electron chi connectivity index (χ4n) is 1.20. The Bertz CT molecular complexity index is 622. The minimum Gasteiger partial charge on any atom is -0.300 e. The van der Waals surface area contributed by atoms with Crippen molar-refractivity contribution in [2.45, 2.75) is 10.6 Å². The summed E-state index contributed by atoms with van der Waals surface area (Å²) in [5, 5.41) is 11.8. The molecular weight excluding hydrogens is 308 g/mol. The second-order valence-corrected chi connectivity index (χ2v) is 7.15. The lowest BCUT2D eigenvalue weighted by molar-refractivity contribution is -0.116. The highest BCUT2D eigenvalue weighted by Gasteiger charge is 2.15. The number of carbonyl (C=O) groups is 1. The van der Waals surface area contributed by atoms with Crippen LogP contribution in [0.1, 0.15) is 6.42 Å². The number of rotatable bonds is 6. The summed E-state index contributed by atoms with van der Waals surface area (Å²) in [6.07, 6.45) is 0.0319. The number of aromatic nitrogens is 2. The second-order valence-electron chi connectivity index (χ2n) is 3.37. The van der Waals surface area contributed by atoms with Gasteiger partial charge in [-0.05, 0) is 11.4 Å². The third kappa shape index (κ3) is 4.06. The van der Waals surface area contributed by atoms with Gasteiger partial charge in [0.1, 0.15) is 9.72 Å². The first-order chi connectivity index (χ1) is 9.08. The van der Waals surface area contributed by atoms with Crippen LogP contribution in [0.4, 0.5) is 5.13 Å². The molecule has 0 aliphatic rings. The van der Waals surface area contributed by atoms with Crippen LogP contribution in [-0.2, 0) is 14.8 Å². The molecule has 0 aromatic carbocycles. The van der Waals surface area contributed by atoms with Gasteiger partial charge in [-0.25, -0.2) is 13.1 Å². The summed E-state index contributed by atoms with van der Waals surface area (Å²) >= 11 is 2.32. The normalized spacial score (nSPS) is 11.4. The van der Waals surface area contributed by atoms with Crippen LogP contribution in [0.2, 0.25) is 0 Å². The predicted molar refractivity (Wildman–Crippen MR) is 72.7 cm³/mol. The third-order valence-corrected chi connectivity index (χ3v) is 5.48. The molecule has 19 heavy (non-hydrogen) atoms. The predicted octanol–water partition coefficient (Wildman–Crippen LogP) is 0.907. The Morgan fingerprint density at radius 3 is 2.84 bits per heavy atom. The molecule has 0 saturated heterocycles. The molecule has 0 saturated carbocycles. The van der Waals surface area contributed by atoms with Crippen molar-refractivity contribution in [1.82, 2.24) is 14.9 Å². The van der Waals surface area contributed by atoms with E-state index in [1.807, 2.05) is 0 Å². The average Bonchev–Trinajstić information content (AvgIpc) is 3.00. The molecule has 2 aromatic rings. The van der Waals surface area contributed by atoms with Gasteiger partial charge in [0.25, 0.3) is 0 Å². The number of hydrogen-bond donors (Lipinski definition) is 2. The van der Waals surface area contributed by atoms with Gasteiger partial charge in [0.05, 0.1) is 0 Å². The van der Waals surface area contributed by atoms with Crippen LogP contribution in [0.3, 0.4) is 0 Å². The maximum atomic E-state index is 11.7. The van der Waals surface area contributed by atoms with Gasteiger partial charge in [-0.3, -0.25) is 4.79 Å². The fourth-order valence-corrected chi connectivity index (χ4v) is 3.73. The highest BCUT2D eigenvalue weighted by atomic mass is 32.2. The van der Waals surface area contributed by atoms with Crippen LogP contribution in [0.25, 0.3) is 0 Å². The molecule has 0 aliphatic heterocycles. The molecule has 0 radical (unpaired) electrons. The molecule has 10 heteroatoms. The van der Waals surface area contributed by atoms with Gasteiger partial charge in [0.15, 0.2) is 0 Å². The maximum Gasteiger partial charge on any atom is 0.250 e. The van der Waals surface area contributed by atoms with Gasteiger partial charge < -0.3 is 5.32 Å². The van der Waals surface area contributed by atoms with Crippen molar-refractivity contribution in [3.63, 3.8) is 0 Å². The first-order valence-corrected chi connectivity index (χ1v) is 8.41. The largest absolute Gasteiger partial charge is 0.300 e. The van der Waals surface area contributed by atoms with E-state index < -0.39 is 10.0 Å². The number of hydrogen-bond acceptors (Lipinski definition) is 7. The summed E-state index contributed by atoms with van der Waals surface area (Å²) in [5.74, 6) is -0.314. The van der Waals surface area contributed by atoms with Crippen molar-refractivity contribution in [3.05, 3.63) is 23.0 Å². The van der Waals surface area contributed by atoms with E-state index >= 15 is 0 Å². The van der Waals surface area contributed by atoms with Gasteiger partial charge in [-0.1, -0.05) is 17.4 Å². The highest BCUT2D eigenvalue weighted by molar-refractivity contribution is 7.91. The lowest BCUT2D eigenvalue weighted by Gasteiger charge is -2.04. The summed E-state index contributed by atoms with van der Waals surface area (Å²) in [7, 11) is -3.51. The summed E-state index contributed by atoms with van der Waals surface area (Å²) in [6.45, 7) is 0.0326. The number of thiophene rings is 1. The van der Waals surface area contributed by atoms with Crippen LogP contribution in [-0.4, -0.2) is 31.1 Å². The molecule has 2 rings (SSSR count). The molecule has 7 nitrogen and oxygen atoms in total. The maximum absolute atomic E-state index is 11.7. The third-order valence-electron chi connectivity index (χ3n) is 2.01. The summed E-state index contributed by atoms with van der Waals surface area (Å²) in [6, 6.07) is 3.16. The van der Waals surface area contributed by atoms with Gasteiger partial charge in [0.2, 0.25) is 21.1 Å². The zero-order chi connectivity index (χ0) is 13.7. The highest BCUT2D eigenvalue weighted by Crippen LogP contribution is 2.15. The molecule has 1 amide bonds. The standard InChI is InChI=1S/C9H10N4O3S3/c14-7(12-9-13-10-6-18-9)3-4-11-19(15,16)8-2-1-5-17-8/h1-2,5-6,11H,3-4H2,(H,12,13,14). The first-order valence-electron chi connectivity index (χ1n) is 5.17. The van der Waals surface area contributed by atoms with E-state index in [-0.39, 0.29) is 23.1 Å². The zero-order valence-electron chi connectivity index (χ0n) is 9.57. The van der Waals surface area contributed by atoms with E-state index in [0.29, 0.717) is 5.13 Å². The number of amides is 1. The number of anilines is 1. The lowest BCUT2D eigenvalue weighted by atomic mass is 10.4. The Labute approximate surface area is 117 Å². The van der Waals surface area contributed by atoms with Crippen molar-refractivity contribution in [3.8, 4) is 0 Å². The molecule has 0 bridgehead atoms. The van der Waals surface area contributed by atoms with E-state index in [0.717, 1.165) is 11.3 Å². The Morgan fingerprint density at radius 2 is 2.21 bits per heavy atom. The summed E-state index contributed by atoms with van der Waals surface area (Å²) in [4.78, 5) is 11.5. The Hall–Kier alpha value is -1.36. The number of carbonyl (C=O) groups excluding carboxylic acids is 1. The van der Waals surface area contributed by atoms with Crippen molar-refractivity contribution >= 4 is 43.7 Å². The van der Waals surface area contributed by atoms with Crippen LogP contribution < -0.4 is 10.0 Å². The first kappa shape index (κ1) is 14.1. The molecule has 0 aliphatic carbocycles. The minimum absolute atomic E-state index is 0.0319. The molecule has 2 N–H and O–H groups in total. The summed E-state index contributed by atoms with van der Waals surface area (Å²) < 4.78 is 26.1. The Balaban J connectivity index is 1.79. The Morgan fingerprint density at radius 1 is 1.37 bits per heavy atom. The molecule has 2 aromatic heterocycles. The van der Waals surface area contributed by atoms with Crippen molar-refractivity contribution < 1.29 is 13.2 Å². The lowest BCUT2D eigenvalue weighted by Crippen LogP contribution is -2.27.